The molecule has 1 aromatic heterocycles. The molecule has 0 aliphatic carbocycles. The summed E-state index contributed by atoms with van der Waals surface area (Å²) in [7, 11) is 1.62. The van der Waals surface area contributed by atoms with Crippen LogP contribution >= 0.6 is 0 Å². The summed E-state index contributed by atoms with van der Waals surface area (Å²) in [6.45, 7) is 4.25. The second kappa shape index (κ2) is 6.26. The molecule has 0 fully saturated rings. The van der Waals surface area contributed by atoms with E-state index in [2.05, 4.69) is 16.5 Å². The molecule has 2 aromatic carbocycles. The van der Waals surface area contributed by atoms with E-state index in [1.807, 2.05) is 42.5 Å². The van der Waals surface area contributed by atoms with Gasteiger partial charge in [0, 0.05) is 11.5 Å². The molecule has 0 bridgehead atoms. The Bertz CT molecular complexity index is 801. The van der Waals surface area contributed by atoms with Crippen molar-refractivity contribution in [2.45, 2.75) is 6.61 Å². The van der Waals surface area contributed by atoms with Gasteiger partial charge in [-0.25, -0.2) is 9.97 Å². The largest absolute Gasteiger partial charge is 0.493 e. The first-order chi connectivity index (χ1) is 10.8. The molecule has 0 saturated heterocycles. The molecule has 0 spiro atoms. The van der Waals surface area contributed by atoms with Crippen LogP contribution in [0.5, 0.6) is 11.5 Å². The van der Waals surface area contributed by atoms with E-state index in [-0.39, 0.29) is 0 Å². The second-order valence-electron chi connectivity index (χ2n) is 4.76. The summed E-state index contributed by atoms with van der Waals surface area (Å²) < 4.78 is 11.3. The van der Waals surface area contributed by atoms with E-state index in [4.69, 9.17) is 9.47 Å². The van der Waals surface area contributed by atoms with Crippen LogP contribution in [0.2, 0.25) is 0 Å². The van der Waals surface area contributed by atoms with Gasteiger partial charge in [-0.05, 0) is 17.7 Å². The van der Waals surface area contributed by atoms with Crippen molar-refractivity contribution in [3.63, 3.8) is 0 Å². The number of nitrogens with zero attached hydrogens (tertiary/aromatic N) is 2. The van der Waals surface area contributed by atoms with Crippen LogP contribution in [0.15, 0.2) is 55.4 Å². The molecule has 22 heavy (non-hydrogen) atoms. The van der Waals surface area contributed by atoms with Gasteiger partial charge in [-0.2, -0.15) is 0 Å². The lowest BCUT2D eigenvalue weighted by molar-refractivity contribution is 0.285. The molecular weight excluding hydrogens is 276 g/mol. The van der Waals surface area contributed by atoms with E-state index in [0.29, 0.717) is 18.1 Å². The van der Waals surface area contributed by atoms with Gasteiger partial charge < -0.3 is 9.47 Å². The molecule has 0 aliphatic heterocycles. The van der Waals surface area contributed by atoms with Gasteiger partial charge in [0.05, 0.1) is 18.3 Å². The summed E-state index contributed by atoms with van der Waals surface area (Å²) in [5.41, 5.74) is 2.67. The van der Waals surface area contributed by atoms with Gasteiger partial charge in [-0.1, -0.05) is 36.9 Å². The highest BCUT2D eigenvalue weighted by Crippen LogP contribution is 2.33. The van der Waals surface area contributed by atoms with Crippen molar-refractivity contribution in [1.29, 1.82) is 0 Å². The van der Waals surface area contributed by atoms with E-state index >= 15 is 0 Å². The van der Waals surface area contributed by atoms with Crippen LogP contribution in [0, 0.1) is 0 Å². The van der Waals surface area contributed by atoms with Crippen molar-refractivity contribution in [1.82, 2.24) is 9.97 Å². The Labute approximate surface area is 129 Å². The summed E-state index contributed by atoms with van der Waals surface area (Å²) >= 11 is 0. The van der Waals surface area contributed by atoms with Crippen molar-refractivity contribution >= 4 is 17.0 Å². The number of hydrogen-bond donors (Lipinski definition) is 0. The molecule has 3 aromatic rings. The van der Waals surface area contributed by atoms with Gasteiger partial charge in [0.15, 0.2) is 11.5 Å². The first-order valence-corrected chi connectivity index (χ1v) is 6.93. The number of fused-ring (bicyclic) bond motifs is 1. The van der Waals surface area contributed by atoms with E-state index in [1.54, 1.807) is 13.2 Å². The Morgan fingerprint density at radius 1 is 1.09 bits per heavy atom. The number of aromatic nitrogens is 2. The van der Waals surface area contributed by atoms with Crippen molar-refractivity contribution in [2.24, 2.45) is 0 Å². The minimum atomic E-state index is 0.474. The average Bonchev–Trinajstić information content (AvgIpc) is 2.59. The van der Waals surface area contributed by atoms with Crippen molar-refractivity contribution in [3.8, 4) is 11.5 Å². The molecule has 110 valence electrons. The lowest BCUT2D eigenvalue weighted by atomic mass is 10.1. The number of hydrogen-bond acceptors (Lipinski definition) is 4. The molecule has 0 aliphatic rings. The van der Waals surface area contributed by atoms with E-state index < -0.39 is 0 Å². The molecule has 0 amide bonds. The van der Waals surface area contributed by atoms with Crippen LogP contribution in [0.25, 0.3) is 17.0 Å². The zero-order valence-corrected chi connectivity index (χ0v) is 12.3. The van der Waals surface area contributed by atoms with Crippen LogP contribution in [-0.2, 0) is 6.61 Å². The average molecular weight is 292 g/mol. The third-order valence-corrected chi connectivity index (χ3v) is 3.38. The van der Waals surface area contributed by atoms with Gasteiger partial charge >= 0.3 is 0 Å². The fourth-order valence-corrected chi connectivity index (χ4v) is 2.25. The summed E-state index contributed by atoms with van der Waals surface area (Å²) in [6, 6.07) is 13.7. The predicted molar refractivity (Wildman–Crippen MR) is 87.0 cm³/mol. The van der Waals surface area contributed by atoms with E-state index in [9.17, 15) is 0 Å². The fraction of sp³-hybridized carbons (Fsp3) is 0.111. The molecule has 4 heteroatoms. The lowest BCUT2D eigenvalue weighted by Gasteiger charge is -2.12. The fourth-order valence-electron chi connectivity index (χ4n) is 2.25. The highest BCUT2D eigenvalue weighted by molar-refractivity contribution is 5.88. The monoisotopic (exact) mass is 292 g/mol. The van der Waals surface area contributed by atoms with Gasteiger partial charge in [0.25, 0.3) is 0 Å². The van der Waals surface area contributed by atoms with Crippen LogP contribution in [0.3, 0.4) is 0 Å². The van der Waals surface area contributed by atoms with Gasteiger partial charge in [0.2, 0.25) is 0 Å². The van der Waals surface area contributed by atoms with Crippen LogP contribution in [0.1, 0.15) is 11.3 Å². The van der Waals surface area contributed by atoms with E-state index in [0.717, 1.165) is 22.2 Å². The topological polar surface area (TPSA) is 44.2 Å². The molecule has 4 nitrogen and oxygen atoms in total. The molecule has 0 radical (unpaired) electrons. The Morgan fingerprint density at radius 3 is 2.64 bits per heavy atom. The maximum atomic E-state index is 5.88. The minimum Gasteiger partial charge on any atom is -0.493 e. The number of ether oxygens (including phenoxy) is 2. The van der Waals surface area contributed by atoms with Crippen molar-refractivity contribution in [2.75, 3.05) is 7.11 Å². The molecule has 0 atom stereocenters. The molecule has 3 rings (SSSR count). The standard InChI is InChI=1S/C18H16N2O2/c1-3-15-14-9-17(21-2)18(10-16(14)20-12-19-15)22-11-13-7-5-4-6-8-13/h3-10,12H,1,11H2,2H3. The third kappa shape index (κ3) is 2.76. The number of rotatable bonds is 5. The number of benzene rings is 2. The first-order valence-electron chi connectivity index (χ1n) is 6.93. The molecular formula is C18H16N2O2. The summed E-state index contributed by atoms with van der Waals surface area (Å²) in [5, 5.41) is 0.890. The van der Waals surface area contributed by atoms with E-state index in [1.165, 1.54) is 6.33 Å². The van der Waals surface area contributed by atoms with Gasteiger partial charge in [0.1, 0.15) is 12.9 Å². The highest BCUT2D eigenvalue weighted by atomic mass is 16.5. The second-order valence-corrected chi connectivity index (χ2v) is 4.76. The lowest BCUT2D eigenvalue weighted by Crippen LogP contribution is -1.98. The van der Waals surface area contributed by atoms with Crippen LogP contribution in [0.4, 0.5) is 0 Å². The Hall–Kier alpha value is -2.88. The van der Waals surface area contributed by atoms with Gasteiger partial charge in [-0.3, -0.25) is 0 Å². The maximum Gasteiger partial charge on any atom is 0.163 e. The predicted octanol–water partition coefficient (Wildman–Crippen LogP) is 3.86. The Morgan fingerprint density at radius 2 is 1.91 bits per heavy atom. The Balaban J connectivity index is 1.96. The molecule has 0 saturated carbocycles. The SMILES string of the molecule is C=Cc1ncnc2cc(OCc3ccccc3)c(OC)cc12. The zero-order chi connectivity index (χ0) is 15.4. The molecule has 1 heterocycles. The smallest absolute Gasteiger partial charge is 0.163 e. The molecule has 0 unspecified atom stereocenters. The number of methoxy groups -OCH3 is 1. The summed E-state index contributed by atoms with van der Waals surface area (Å²) in [6.07, 6.45) is 3.22. The molecule has 0 N–H and O–H groups in total. The van der Waals surface area contributed by atoms with Crippen molar-refractivity contribution < 1.29 is 9.47 Å². The minimum absolute atomic E-state index is 0.474. The first kappa shape index (κ1) is 14.1. The Kier molecular flexibility index (Phi) is 4.01. The third-order valence-electron chi connectivity index (χ3n) is 3.38. The van der Waals surface area contributed by atoms with Crippen molar-refractivity contribution in [3.05, 3.63) is 66.6 Å². The van der Waals surface area contributed by atoms with Crippen LogP contribution < -0.4 is 9.47 Å². The quantitative estimate of drug-likeness (QED) is 0.716. The maximum absolute atomic E-state index is 5.88. The highest BCUT2D eigenvalue weighted by Gasteiger charge is 2.10. The normalized spacial score (nSPS) is 10.4. The summed E-state index contributed by atoms with van der Waals surface area (Å²) in [4.78, 5) is 8.48. The summed E-state index contributed by atoms with van der Waals surface area (Å²) in [5.74, 6) is 1.31. The van der Waals surface area contributed by atoms with Gasteiger partial charge in [-0.15, -0.1) is 0 Å². The zero-order valence-electron chi connectivity index (χ0n) is 12.3. The van der Waals surface area contributed by atoms with Crippen LogP contribution in [-0.4, -0.2) is 17.1 Å².